The van der Waals surface area contributed by atoms with E-state index in [0.29, 0.717) is 11.3 Å². The summed E-state index contributed by atoms with van der Waals surface area (Å²) in [5, 5.41) is 3.00. The molecule has 4 nitrogen and oxygen atoms in total. The molecule has 0 atom stereocenters. The SMILES string of the molecule is COc1cc(Br)ccc1C(=O)NCCC1CCN(C)CC1. The minimum absolute atomic E-state index is 0.0627. The molecule has 1 aliphatic rings. The highest BCUT2D eigenvalue weighted by Gasteiger charge is 2.17. The number of nitrogens with zero attached hydrogens (tertiary/aromatic N) is 1. The van der Waals surface area contributed by atoms with Crippen LogP contribution >= 0.6 is 15.9 Å². The van der Waals surface area contributed by atoms with Crippen LogP contribution in [0, 0.1) is 5.92 Å². The van der Waals surface area contributed by atoms with Crippen LogP contribution in [0.2, 0.25) is 0 Å². The van der Waals surface area contributed by atoms with Gasteiger partial charge in [0, 0.05) is 11.0 Å². The van der Waals surface area contributed by atoms with Gasteiger partial charge >= 0.3 is 0 Å². The molecule has 1 amide bonds. The molecule has 2 rings (SSSR count). The van der Waals surface area contributed by atoms with Crippen LogP contribution in [0.4, 0.5) is 0 Å². The van der Waals surface area contributed by atoms with Crippen molar-refractivity contribution in [3.05, 3.63) is 28.2 Å². The molecule has 1 saturated heterocycles. The standard InChI is InChI=1S/C16H23BrN2O2/c1-19-9-6-12(7-10-19)5-8-18-16(20)14-4-3-13(17)11-15(14)21-2/h3-4,11-12H,5-10H2,1-2H3,(H,18,20). The molecule has 1 N–H and O–H groups in total. The van der Waals surface area contributed by atoms with Gasteiger partial charge in [0.05, 0.1) is 12.7 Å². The zero-order valence-electron chi connectivity index (χ0n) is 12.7. The van der Waals surface area contributed by atoms with E-state index in [9.17, 15) is 4.79 Å². The molecule has 1 aromatic rings. The highest BCUT2D eigenvalue weighted by molar-refractivity contribution is 9.10. The second-order valence-corrected chi connectivity index (χ2v) is 6.55. The molecule has 1 aromatic carbocycles. The summed E-state index contributed by atoms with van der Waals surface area (Å²) in [5.41, 5.74) is 0.587. The van der Waals surface area contributed by atoms with Crippen molar-refractivity contribution in [1.29, 1.82) is 0 Å². The Bertz CT molecular complexity index is 485. The number of methoxy groups -OCH3 is 1. The maximum atomic E-state index is 12.2. The lowest BCUT2D eigenvalue weighted by Crippen LogP contribution is -2.32. The zero-order chi connectivity index (χ0) is 15.2. The molecular weight excluding hydrogens is 332 g/mol. The van der Waals surface area contributed by atoms with E-state index in [4.69, 9.17) is 4.74 Å². The fourth-order valence-corrected chi connectivity index (χ4v) is 3.03. The smallest absolute Gasteiger partial charge is 0.255 e. The summed E-state index contributed by atoms with van der Waals surface area (Å²) >= 11 is 3.38. The van der Waals surface area contributed by atoms with E-state index >= 15 is 0 Å². The van der Waals surface area contributed by atoms with Gasteiger partial charge in [0.2, 0.25) is 0 Å². The van der Waals surface area contributed by atoms with Crippen LogP contribution in [-0.2, 0) is 0 Å². The van der Waals surface area contributed by atoms with Gasteiger partial charge in [0.25, 0.3) is 5.91 Å². The first kappa shape index (κ1) is 16.3. The Kier molecular flexibility index (Phi) is 6.06. The monoisotopic (exact) mass is 354 g/mol. The van der Waals surface area contributed by atoms with Gasteiger partial charge in [-0.25, -0.2) is 0 Å². The van der Waals surface area contributed by atoms with Crippen molar-refractivity contribution in [2.24, 2.45) is 5.92 Å². The fourth-order valence-electron chi connectivity index (χ4n) is 2.69. The number of amides is 1. The maximum absolute atomic E-state index is 12.2. The second kappa shape index (κ2) is 7.80. The molecule has 0 radical (unpaired) electrons. The number of carbonyl (C=O) groups is 1. The van der Waals surface area contributed by atoms with Crippen LogP contribution in [0.3, 0.4) is 0 Å². The summed E-state index contributed by atoms with van der Waals surface area (Å²) in [5.74, 6) is 1.27. The van der Waals surface area contributed by atoms with Crippen LogP contribution in [0.15, 0.2) is 22.7 Å². The van der Waals surface area contributed by atoms with Gasteiger partial charge in [0.15, 0.2) is 0 Å². The molecule has 21 heavy (non-hydrogen) atoms. The van der Waals surface area contributed by atoms with E-state index in [1.807, 2.05) is 12.1 Å². The number of piperidine rings is 1. The topological polar surface area (TPSA) is 41.6 Å². The van der Waals surface area contributed by atoms with Crippen LogP contribution < -0.4 is 10.1 Å². The summed E-state index contributed by atoms with van der Waals surface area (Å²) < 4.78 is 6.16. The molecule has 0 aliphatic carbocycles. The number of carbonyl (C=O) groups excluding carboxylic acids is 1. The van der Waals surface area contributed by atoms with Crippen molar-refractivity contribution in [1.82, 2.24) is 10.2 Å². The summed E-state index contributed by atoms with van der Waals surface area (Å²) in [7, 11) is 3.74. The molecule has 116 valence electrons. The highest BCUT2D eigenvalue weighted by atomic mass is 79.9. The zero-order valence-corrected chi connectivity index (χ0v) is 14.3. The van der Waals surface area contributed by atoms with Gasteiger partial charge in [-0.15, -0.1) is 0 Å². The lowest BCUT2D eigenvalue weighted by atomic mass is 9.94. The predicted molar refractivity (Wildman–Crippen MR) is 87.9 cm³/mol. The van der Waals surface area contributed by atoms with E-state index in [1.165, 1.54) is 25.9 Å². The minimum Gasteiger partial charge on any atom is -0.496 e. The van der Waals surface area contributed by atoms with Gasteiger partial charge in [-0.3, -0.25) is 4.79 Å². The van der Waals surface area contributed by atoms with Gasteiger partial charge in [-0.05, 0) is 63.5 Å². The van der Waals surface area contributed by atoms with Gasteiger partial charge in [-0.1, -0.05) is 15.9 Å². The summed E-state index contributed by atoms with van der Waals surface area (Å²) in [6.45, 7) is 3.06. The minimum atomic E-state index is -0.0627. The van der Waals surface area contributed by atoms with Crippen molar-refractivity contribution < 1.29 is 9.53 Å². The van der Waals surface area contributed by atoms with Gasteiger partial charge in [0.1, 0.15) is 5.75 Å². The molecule has 1 heterocycles. The Morgan fingerprint density at radius 2 is 2.14 bits per heavy atom. The van der Waals surface area contributed by atoms with E-state index in [1.54, 1.807) is 13.2 Å². The molecule has 0 bridgehead atoms. The number of nitrogens with one attached hydrogen (secondary N) is 1. The molecular formula is C16H23BrN2O2. The lowest BCUT2D eigenvalue weighted by molar-refractivity contribution is 0.0946. The van der Waals surface area contributed by atoms with Gasteiger partial charge in [-0.2, -0.15) is 0 Å². The Morgan fingerprint density at radius 1 is 1.43 bits per heavy atom. The van der Waals surface area contributed by atoms with Crippen molar-refractivity contribution in [3.8, 4) is 5.75 Å². The molecule has 0 saturated carbocycles. The van der Waals surface area contributed by atoms with Crippen LogP contribution in [0.1, 0.15) is 29.6 Å². The normalized spacial score (nSPS) is 16.7. The number of hydrogen-bond donors (Lipinski definition) is 1. The summed E-state index contributed by atoms with van der Waals surface area (Å²) in [4.78, 5) is 14.6. The highest BCUT2D eigenvalue weighted by Crippen LogP contribution is 2.23. The summed E-state index contributed by atoms with van der Waals surface area (Å²) in [6, 6.07) is 5.45. The number of rotatable bonds is 5. The third-order valence-corrected chi connectivity index (χ3v) is 4.58. The molecule has 1 fully saturated rings. The third-order valence-electron chi connectivity index (χ3n) is 4.08. The molecule has 1 aliphatic heterocycles. The Hall–Kier alpha value is -1.07. The number of halogens is 1. The first-order valence-corrected chi connectivity index (χ1v) is 8.19. The third kappa shape index (κ3) is 4.71. The largest absolute Gasteiger partial charge is 0.496 e. The number of benzene rings is 1. The lowest BCUT2D eigenvalue weighted by Gasteiger charge is -2.28. The molecule has 0 unspecified atom stereocenters. The Labute approximate surface area is 135 Å². The van der Waals surface area contributed by atoms with Crippen molar-refractivity contribution in [2.75, 3.05) is 33.8 Å². The average molecular weight is 355 g/mol. The van der Waals surface area contributed by atoms with Crippen LogP contribution in [0.5, 0.6) is 5.75 Å². The van der Waals surface area contributed by atoms with E-state index in [2.05, 4.69) is 33.2 Å². The number of hydrogen-bond acceptors (Lipinski definition) is 3. The number of ether oxygens (including phenoxy) is 1. The maximum Gasteiger partial charge on any atom is 0.255 e. The molecule has 0 aromatic heterocycles. The van der Waals surface area contributed by atoms with E-state index < -0.39 is 0 Å². The van der Waals surface area contributed by atoms with E-state index in [0.717, 1.165) is 23.4 Å². The van der Waals surface area contributed by atoms with E-state index in [-0.39, 0.29) is 5.91 Å². The summed E-state index contributed by atoms with van der Waals surface area (Å²) in [6.07, 6.45) is 3.51. The van der Waals surface area contributed by atoms with Gasteiger partial charge < -0.3 is 15.0 Å². The molecule has 0 spiro atoms. The van der Waals surface area contributed by atoms with Crippen LogP contribution in [-0.4, -0.2) is 44.6 Å². The van der Waals surface area contributed by atoms with Crippen molar-refractivity contribution in [3.63, 3.8) is 0 Å². The first-order chi connectivity index (χ1) is 10.1. The van der Waals surface area contributed by atoms with Crippen molar-refractivity contribution >= 4 is 21.8 Å². The van der Waals surface area contributed by atoms with Crippen LogP contribution in [0.25, 0.3) is 0 Å². The average Bonchev–Trinajstić information content (AvgIpc) is 2.49. The quantitative estimate of drug-likeness (QED) is 0.883. The predicted octanol–water partition coefficient (Wildman–Crippen LogP) is 2.92. The Balaban J connectivity index is 1.82. The first-order valence-electron chi connectivity index (χ1n) is 7.40. The fraction of sp³-hybridized carbons (Fsp3) is 0.562. The Morgan fingerprint density at radius 3 is 2.81 bits per heavy atom. The van der Waals surface area contributed by atoms with Crippen molar-refractivity contribution in [2.45, 2.75) is 19.3 Å². The molecule has 5 heteroatoms. The number of likely N-dealkylation sites (tertiary alicyclic amines) is 1. The second-order valence-electron chi connectivity index (χ2n) is 5.64.